The number of thiophene rings is 1. The van der Waals surface area contributed by atoms with Crippen molar-refractivity contribution in [3.8, 4) is 0 Å². The average molecular weight is 305 g/mol. The molecule has 0 saturated carbocycles. The largest absolute Gasteiger partial charge is 0.374 e. The van der Waals surface area contributed by atoms with E-state index in [9.17, 15) is 8.42 Å². The Bertz CT molecular complexity index is 515. The molecule has 0 aliphatic carbocycles. The van der Waals surface area contributed by atoms with Crippen molar-refractivity contribution in [1.82, 2.24) is 9.62 Å². The van der Waals surface area contributed by atoms with Crippen molar-refractivity contribution in [2.75, 3.05) is 33.3 Å². The highest BCUT2D eigenvalue weighted by atomic mass is 32.2. The van der Waals surface area contributed by atoms with Crippen LogP contribution in [-0.4, -0.2) is 52.7 Å². The fraction of sp³-hybridized carbons (Fsp3) is 0.636. The lowest BCUT2D eigenvalue weighted by Gasteiger charge is -2.29. The molecule has 1 aliphatic rings. The molecule has 0 radical (unpaired) electrons. The molecule has 0 spiro atoms. The topological polar surface area (TPSA) is 84.7 Å². The van der Waals surface area contributed by atoms with Crippen molar-refractivity contribution in [2.24, 2.45) is 5.73 Å². The third kappa shape index (κ3) is 3.98. The second kappa shape index (κ2) is 6.29. The predicted molar refractivity (Wildman–Crippen MR) is 74.6 cm³/mol. The van der Waals surface area contributed by atoms with Crippen molar-refractivity contribution < 1.29 is 13.2 Å². The van der Waals surface area contributed by atoms with Crippen LogP contribution >= 0.6 is 11.3 Å². The van der Waals surface area contributed by atoms with Crippen molar-refractivity contribution in [3.63, 3.8) is 0 Å². The zero-order valence-electron chi connectivity index (χ0n) is 10.8. The van der Waals surface area contributed by atoms with E-state index >= 15 is 0 Å². The minimum atomic E-state index is -3.46. The fourth-order valence-corrected chi connectivity index (χ4v) is 4.11. The highest BCUT2D eigenvalue weighted by Crippen LogP contribution is 2.18. The molecule has 108 valence electrons. The predicted octanol–water partition coefficient (Wildman–Crippen LogP) is -0.184. The number of nitrogens with zero attached hydrogens (tertiary/aromatic N) is 1. The lowest BCUT2D eigenvalue weighted by molar-refractivity contribution is -0.0156. The zero-order valence-corrected chi connectivity index (χ0v) is 12.5. The van der Waals surface area contributed by atoms with Crippen LogP contribution in [0.5, 0.6) is 0 Å². The van der Waals surface area contributed by atoms with Crippen molar-refractivity contribution in [3.05, 3.63) is 16.3 Å². The van der Waals surface area contributed by atoms with Crippen LogP contribution in [0.25, 0.3) is 0 Å². The molecule has 1 atom stereocenters. The molecular formula is C11H19N3O3S2. The summed E-state index contributed by atoms with van der Waals surface area (Å²) in [6, 6.07) is 1.61. The van der Waals surface area contributed by atoms with Gasteiger partial charge in [0.25, 0.3) is 0 Å². The van der Waals surface area contributed by atoms with Gasteiger partial charge in [-0.15, -0.1) is 11.3 Å². The van der Waals surface area contributed by atoms with Crippen molar-refractivity contribution in [1.29, 1.82) is 0 Å². The molecule has 1 unspecified atom stereocenters. The maximum Gasteiger partial charge on any atom is 0.241 e. The molecule has 1 aromatic rings. The van der Waals surface area contributed by atoms with E-state index in [4.69, 9.17) is 10.5 Å². The Hall–Kier alpha value is -0.510. The average Bonchev–Trinajstić information content (AvgIpc) is 2.86. The lowest BCUT2D eigenvalue weighted by Crippen LogP contribution is -2.45. The van der Waals surface area contributed by atoms with E-state index in [0.717, 1.165) is 18.0 Å². The molecule has 8 heteroatoms. The zero-order chi connectivity index (χ0) is 13.9. The third-order valence-corrected chi connectivity index (χ3v) is 5.50. The number of hydrogen-bond donors (Lipinski definition) is 2. The standard InChI is InChI=1S/C11H19N3O3S2/c1-14-2-3-17-9(7-14)6-13-19(15,16)11-4-10(5-12)18-8-11/h4,8-9,13H,2-3,5-7,12H2,1H3. The molecule has 6 nitrogen and oxygen atoms in total. The number of rotatable bonds is 5. The number of hydrogen-bond acceptors (Lipinski definition) is 6. The maximum atomic E-state index is 12.1. The van der Waals surface area contributed by atoms with Gasteiger partial charge in [-0.2, -0.15) is 0 Å². The number of nitrogens with two attached hydrogens (primary N) is 1. The quantitative estimate of drug-likeness (QED) is 0.788. The van der Waals surface area contributed by atoms with Gasteiger partial charge in [0.05, 0.1) is 17.6 Å². The van der Waals surface area contributed by atoms with Crippen LogP contribution in [0, 0.1) is 0 Å². The third-order valence-electron chi connectivity index (χ3n) is 2.98. The van der Waals surface area contributed by atoms with E-state index in [2.05, 4.69) is 9.62 Å². The van der Waals surface area contributed by atoms with Gasteiger partial charge in [0.15, 0.2) is 0 Å². The summed E-state index contributed by atoms with van der Waals surface area (Å²) in [6.45, 7) is 2.91. The first kappa shape index (κ1) is 14.9. The van der Waals surface area contributed by atoms with Gasteiger partial charge in [0.1, 0.15) is 0 Å². The van der Waals surface area contributed by atoms with Gasteiger partial charge >= 0.3 is 0 Å². The second-order valence-corrected chi connectivity index (χ2v) is 7.32. The molecule has 0 aromatic carbocycles. The molecule has 19 heavy (non-hydrogen) atoms. The number of morpholine rings is 1. The summed E-state index contributed by atoms with van der Waals surface area (Å²) in [7, 11) is -1.46. The number of ether oxygens (including phenoxy) is 1. The summed E-state index contributed by atoms with van der Waals surface area (Å²) in [4.78, 5) is 3.26. The van der Waals surface area contributed by atoms with Gasteiger partial charge in [0.2, 0.25) is 10.0 Å². The lowest BCUT2D eigenvalue weighted by atomic mass is 10.3. The summed E-state index contributed by atoms with van der Waals surface area (Å²) < 4.78 is 32.3. The van der Waals surface area contributed by atoms with Gasteiger partial charge in [-0.3, -0.25) is 0 Å². The van der Waals surface area contributed by atoms with Crippen LogP contribution in [0.15, 0.2) is 16.3 Å². The summed E-state index contributed by atoms with van der Waals surface area (Å²) in [6.07, 6.45) is -0.0962. The molecule has 2 rings (SSSR count). The summed E-state index contributed by atoms with van der Waals surface area (Å²) in [5.41, 5.74) is 5.48. The van der Waals surface area contributed by atoms with E-state index in [1.54, 1.807) is 11.4 Å². The normalized spacial score (nSPS) is 21.7. The Morgan fingerprint density at radius 1 is 1.63 bits per heavy atom. The van der Waals surface area contributed by atoms with Crippen LogP contribution in [0.2, 0.25) is 0 Å². The minimum Gasteiger partial charge on any atom is -0.374 e. The van der Waals surface area contributed by atoms with Crippen LogP contribution in [0.3, 0.4) is 0 Å². The molecule has 1 aromatic heterocycles. The van der Waals surface area contributed by atoms with Gasteiger partial charge < -0.3 is 15.4 Å². The Kier molecular flexibility index (Phi) is 4.93. The summed E-state index contributed by atoms with van der Waals surface area (Å²) >= 11 is 1.35. The van der Waals surface area contributed by atoms with E-state index in [-0.39, 0.29) is 11.0 Å². The van der Waals surface area contributed by atoms with E-state index < -0.39 is 10.0 Å². The van der Waals surface area contributed by atoms with Crippen LogP contribution in [-0.2, 0) is 21.3 Å². The number of nitrogens with one attached hydrogen (secondary N) is 1. The van der Waals surface area contributed by atoms with Crippen molar-refractivity contribution in [2.45, 2.75) is 17.5 Å². The first-order valence-electron chi connectivity index (χ1n) is 6.08. The molecule has 0 bridgehead atoms. The first-order valence-corrected chi connectivity index (χ1v) is 8.45. The van der Waals surface area contributed by atoms with Crippen LogP contribution in [0.1, 0.15) is 4.88 Å². The molecule has 0 amide bonds. The van der Waals surface area contributed by atoms with Crippen molar-refractivity contribution >= 4 is 21.4 Å². The van der Waals surface area contributed by atoms with Gasteiger partial charge in [-0.25, -0.2) is 13.1 Å². The van der Waals surface area contributed by atoms with Crippen LogP contribution in [0.4, 0.5) is 0 Å². The molecule has 3 N–H and O–H groups in total. The second-order valence-electron chi connectivity index (χ2n) is 4.56. The molecule has 2 heterocycles. The molecule has 1 aliphatic heterocycles. The van der Waals surface area contributed by atoms with E-state index in [1.807, 2.05) is 7.05 Å². The molecular weight excluding hydrogens is 286 g/mol. The Morgan fingerprint density at radius 2 is 2.42 bits per heavy atom. The van der Waals surface area contributed by atoms with Gasteiger partial charge in [0, 0.05) is 36.4 Å². The van der Waals surface area contributed by atoms with E-state index in [0.29, 0.717) is 19.7 Å². The van der Waals surface area contributed by atoms with Gasteiger partial charge in [-0.05, 0) is 13.1 Å². The minimum absolute atomic E-state index is 0.0962. The summed E-state index contributed by atoms with van der Waals surface area (Å²) in [5.74, 6) is 0. The Morgan fingerprint density at radius 3 is 3.05 bits per heavy atom. The smallest absolute Gasteiger partial charge is 0.241 e. The first-order chi connectivity index (χ1) is 9.01. The Labute approximate surface area is 117 Å². The Balaban J connectivity index is 1.93. The number of likely N-dealkylation sites (N-methyl/N-ethyl adjacent to an activating group) is 1. The SMILES string of the molecule is CN1CCOC(CNS(=O)(=O)c2csc(CN)c2)C1. The maximum absolute atomic E-state index is 12.1. The highest BCUT2D eigenvalue weighted by molar-refractivity contribution is 7.89. The molecule has 1 fully saturated rings. The fourth-order valence-electron chi connectivity index (χ4n) is 1.88. The van der Waals surface area contributed by atoms with E-state index in [1.165, 1.54) is 11.3 Å². The van der Waals surface area contributed by atoms with Crippen LogP contribution < -0.4 is 10.5 Å². The summed E-state index contributed by atoms with van der Waals surface area (Å²) in [5, 5.41) is 1.61. The monoisotopic (exact) mass is 305 g/mol. The highest BCUT2D eigenvalue weighted by Gasteiger charge is 2.21. The number of sulfonamides is 1. The van der Waals surface area contributed by atoms with Gasteiger partial charge in [-0.1, -0.05) is 0 Å². The molecule has 1 saturated heterocycles.